The fourth-order valence-corrected chi connectivity index (χ4v) is 3.09. The van der Waals surface area contributed by atoms with E-state index in [0.29, 0.717) is 28.0 Å². The molecule has 8 heteroatoms. The molecule has 29 heavy (non-hydrogen) atoms. The molecule has 0 N–H and O–H groups in total. The maximum Gasteiger partial charge on any atom is 0.343 e. The standard InChI is InChI=1S/C21H20N2O5S/c1-13(2)27-16-6-4-15(5-7-16)20(25)28-19-11-26-17(10-18(19)24)12-29-21-22-9-8-14(3)23-21/h4-11,13H,12H2,1-3H3. The van der Waals surface area contributed by atoms with Crippen LogP contribution in [0, 0.1) is 6.92 Å². The first-order valence-electron chi connectivity index (χ1n) is 8.94. The molecule has 1 aromatic carbocycles. The second-order valence-corrected chi connectivity index (χ2v) is 7.37. The summed E-state index contributed by atoms with van der Waals surface area (Å²) in [6.07, 6.45) is 2.85. The van der Waals surface area contributed by atoms with Gasteiger partial charge in [-0.2, -0.15) is 0 Å². The van der Waals surface area contributed by atoms with Gasteiger partial charge in [0, 0.05) is 18.0 Å². The molecule has 150 valence electrons. The largest absolute Gasteiger partial charge is 0.491 e. The van der Waals surface area contributed by atoms with Crippen LogP contribution in [0.25, 0.3) is 0 Å². The zero-order valence-electron chi connectivity index (χ0n) is 16.2. The molecule has 7 nitrogen and oxygen atoms in total. The highest BCUT2D eigenvalue weighted by Gasteiger charge is 2.13. The van der Waals surface area contributed by atoms with Crippen LogP contribution in [0.2, 0.25) is 0 Å². The number of ether oxygens (including phenoxy) is 2. The van der Waals surface area contributed by atoms with Crippen LogP contribution < -0.4 is 14.9 Å². The van der Waals surface area contributed by atoms with Crippen molar-refractivity contribution in [2.45, 2.75) is 37.8 Å². The molecule has 0 atom stereocenters. The van der Waals surface area contributed by atoms with Crippen LogP contribution in [0.15, 0.2) is 63.2 Å². The molecule has 3 rings (SSSR count). The lowest BCUT2D eigenvalue weighted by Crippen LogP contribution is -2.14. The monoisotopic (exact) mass is 412 g/mol. The molecule has 0 aliphatic rings. The van der Waals surface area contributed by atoms with Crippen molar-refractivity contribution in [2.75, 3.05) is 0 Å². The number of hydrogen-bond acceptors (Lipinski definition) is 8. The van der Waals surface area contributed by atoms with Gasteiger partial charge < -0.3 is 13.9 Å². The molecule has 2 aromatic heterocycles. The quantitative estimate of drug-likeness (QED) is 0.326. The number of carbonyl (C=O) groups is 1. The normalized spacial score (nSPS) is 10.8. The molecule has 0 spiro atoms. The summed E-state index contributed by atoms with van der Waals surface area (Å²) >= 11 is 1.34. The molecule has 0 aliphatic carbocycles. The van der Waals surface area contributed by atoms with Crippen LogP contribution in [0.5, 0.6) is 11.5 Å². The fourth-order valence-electron chi connectivity index (χ4n) is 2.32. The van der Waals surface area contributed by atoms with E-state index < -0.39 is 11.4 Å². The van der Waals surface area contributed by atoms with Gasteiger partial charge in [-0.1, -0.05) is 11.8 Å². The number of esters is 1. The van der Waals surface area contributed by atoms with E-state index in [9.17, 15) is 9.59 Å². The molecule has 0 radical (unpaired) electrons. The number of hydrogen-bond donors (Lipinski definition) is 0. The van der Waals surface area contributed by atoms with Crippen LogP contribution in [0.4, 0.5) is 0 Å². The van der Waals surface area contributed by atoms with Gasteiger partial charge in [0.25, 0.3) is 0 Å². The van der Waals surface area contributed by atoms with Gasteiger partial charge in [-0.3, -0.25) is 4.79 Å². The van der Waals surface area contributed by atoms with E-state index in [1.807, 2.05) is 20.8 Å². The minimum atomic E-state index is -0.649. The lowest BCUT2D eigenvalue weighted by Gasteiger charge is -2.10. The minimum absolute atomic E-state index is 0.0339. The maximum absolute atomic E-state index is 12.3. The van der Waals surface area contributed by atoms with Crippen LogP contribution in [-0.2, 0) is 5.75 Å². The van der Waals surface area contributed by atoms with Gasteiger partial charge in [-0.15, -0.1) is 0 Å². The first-order chi connectivity index (χ1) is 13.9. The Kier molecular flexibility index (Phi) is 6.66. The third-order valence-electron chi connectivity index (χ3n) is 3.63. The Morgan fingerprint density at radius 3 is 2.62 bits per heavy atom. The summed E-state index contributed by atoms with van der Waals surface area (Å²) in [7, 11) is 0. The number of nitrogens with zero attached hydrogens (tertiary/aromatic N) is 2. The van der Waals surface area contributed by atoms with Crippen molar-refractivity contribution < 1.29 is 18.7 Å². The van der Waals surface area contributed by atoms with E-state index in [2.05, 4.69) is 9.97 Å². The van der Waals surface area contributed by atoms with Crippen molar-refractivity contribution in [2.24, 2.45) is 0 Å². The number of benzene rings is 1. The predicted molar refractivity (Wildman–Crippen MR) is 108 cm³/mol. The Morgan fingerprint density at radius 1 is 1.21 bits per heavy atom. The molecule has 2 heterocycles. The average Bonchev–Trinajstić information content (AvgIpc) is 2.68. The average molecular weight is 412 g/mol. The summed E-state index contributed by atoms with van der Waals surface area (Å²) < 4.78 is 16.1. The summed E-state index contributed by atoms with van der Waals surface area (Å²) in [5.74, 6) is 0.641. The van der Waals surface area contributed by atoms with Crippen molar-refractivity contribution in [1.82, 2.24) is 9.97 Å². The van der Waals surface area contributed by atoms with E-state index in [0.717, 1.165) is 12.0 Å². The summed E-state index contributed by atoms with van der Waals surface area (Å²) in [6, 6.07) is 9.60. The van der Waals surface area contributed by atoms with Crippen molar-refractivity contribution in [3.63, 3.8) is 0 Å². The lowest BCUT2D eigenvalue weighted by atomic mass is 10.2. The number of thioether (sulfide) groups is 1. The van der Waals surface area contributed by atoms with Crippen molar-refractivity contribution in [1.29, 1.82) is 0 Å². The number of aryl methyl sites for hydroxylation is 1. The van der Waals surface area contributed by atoms with Gasteiger partial charge in [0.1, 0.15) is 17.8 Å². The zero-order valence-corrected chi connectivity index (χ0v) is 17.1. The highest BCUT2D eigenvalue weighted by atomic mass is 32.2. The van der Waals surface area contributed by atoms with Gasteiger partial charge >= 0.3 is 5.97 Å². The Bertz CT molecular complexity index is 1050. The zero-order chi connectivity index (χ0) is 20.8. The van der Waals surface area contributed by atoms with Crippen molar-refractivity contribution >= 4 is 17.7 Å². The van der Waals surface area contributed by atoms with Crippen molar-refractivity contribution in [3.8, 4) is 11.5 Å². The van der Waals surface area contributed by atoms with E-state index in [1.54, 1.807) is 36.5 Å². The van der Waals surface area contributed by atoms with Crippen molar-refractivity contribution in [3.05, 3.63) is 76.1 Å². The molecule has 0 aliphatic heterocycles. The maximum atomic E-state index is 12.3. The first kappa shape index (κ1) is 20.6. The smallest absolute Gasteiger partial charge is 0.343 e. The number of aromatic nitrogens is 2. The topological polar surface area (TPSA) is 91.5 Å². The highest BCUT2D eigenvalue weighted by Crippen LogP contribution is 2.20. The van der Waals surface area contributed by atoms with Gasteiger partial charge in [-0.05, 0) is 51.1 Å². The molecule has 3 aromatic rings. The lowest BCUT2D eigenvalue weighted by molar-refractivity contribution is 0.0728. The van der Waals surface area contributed by atoms with E-state index in [1.165, 1.54) is 17.8 Å². The van der Waals surface area contributed by atoms with Gasteiger partial charge in [-0.25, -0.2) is 14.8 Å². The molecular formula is C21H20N2O5S. The second kappa shape index (κ2) is 9.38. The Morgan fingerprint density at radius 2 is 1.97 bits per heavy atom. The van der Waals surface area contributed by atoms with Crippen LogP contribution in [-0.4, -0.2) is 22.0 Å². The van der Waals surface area contributed by atoms with E-state index >= 15 is 0 Å². The Hall–Kier alpha value is -3.13. The third kappa shape index (κ3) is 5.92. The van der Waals surface area contributed by atoms with Gasteiger partial charge in [0.05, 0.1) is 17.4 Å². The van der Waals surface area contributed by atoms with Gasteiger partial charge in [0.2, 0.25) is 11.2 Å². The molecular weight excluding hydrogens is 392 g/mol. The number of rotatable bonds is 7. The SMILES string of the molecule is Cc1ccnc(SCc2cc(=O)c(OC(=O)c3ccc(OC(C)C)cc3)co2)n1. The van der Waals surface area contributed by atoms with Crippen LogP contribution in [0.1, 0.15) is 35.7 Å². The molecule has 0 fully saturated rings. The van der Waals surface area contributed by atoms with E-state index in [4.69, 9.17) is 13.9 Å². The Labute approximate surface area is 172 Å². The second-order valence-electron chi connectivity index (χ2n) is 6.42. The summed E-state index contributed by atoms with van der Waals surface area (Å²) in [6.45, 7) is 5.70. The summed E-state index contributed by atoms with van der Waals surface area (Å²) in [5, 5.41) is 0.591. The van der Waals surface area contributed by atoms with Gasteiger partial charge in [0.15, 0.2) is 5.16 Å². The molecule has 0 saturated carbocycles. The molecule has 0 unspecified atom stereocenters. The Balaban J connectivity index is 1.62. The minimum Gasteiger partial charge on any atom is -0.491 e. The summed E-state index contributed by atoms with van der Waals surface area (Å²) in [5.41, 5.74) is 0.719. The third-order valence-corrected chi connectivity index (χ3v) is 4.52. The fraction of sp³-hybridized carbons (Fsp3) is 0.238. The van der Waals surface area contributed by atoms with Crippen LogP contribution >= 0.6 is 11.8 Å². The molecule has 0 bridgehead atoms. The first-order valence-corrected chi connectivity index (χ1v) is 9.92. The predicted octanol–water partition coefficient (Wildman–Crippen LogP) is 4.04. The summed E-state index contributed by atoms with van der Waals surface area (Å²) in [4.78, 5) is 32.9. The highest BCUT2D eigenvalue weighted by molar-refractivity contribution is 7.98. The van der Waals surface area contributed by atoms with Crippen LogP contribution in [0.3, 0.4) is 0 Å². The molecule has 0 amide bonds. The number of carbonyl (C=O) groups excluding carboxylic acids is 1. The molecule has 0 saturated heterocycles. The van der Waals surface area contributed by atoms with E-state index in [-0.39, 0.29) is 11.9 Å².